The Morgan fingerprint density at radius 2 is 1.75 bits per heavy atom. The summed E-state index contributed by atoms with van der Waals surface area (Å²) in [6.07, 6.45) is 0. The second-order valence-corrected chi connectivity index (χ2v) is 4.03. The van der Waals surface area contributed by atoms with Gasteiger partial charge in [-0.05, 0) is 39.7 Å². The zero-order valence-electron chi connectivity index (χ0n) is 5.57. The predicted octanol–water partition coefficient (Wildman–Crippen LogP) is 4.13. The third-order valence-electron chi connectivity index (χ3n) is 1.22. The molecule has 64 valence electrons. The van der Waals surface area contributed by atoms with E-state index < -0.39 is 5.24 Å². The molecule has 1 nitrogen and oxygen atoms in total. The fourth-order valence-electron chi connectivity index (χ4n) is 0.673. The molecule has 0 aliphatic carbocycles. The largest absolute Gasteiger partial charge is 0.276 e. The minimum Gasteiger partial charge on any atom is -0.276 e. The highest BCUT2D eigenvalue weighted by atomic mass is 79.9. The quantitative estimate of drug-likeness (QED) is 0.561. The summed E-state index contributed by atoms with van der Waals surface area (Å²) in [4.78, 5) is 10.8. The molecular formula is C7H2BrCl3O. The van der Waals surface area contributed by atoms with Gasteiger partial charge in [-0.1, -0.05) is 23.2 Å². The Labute approximate surface area is 92.7 Å². The summed E-state index contributed by atoms with van der Waals surface area (Å²) in [5, 5.41) is 0.120. The lowest BCUT2D eigenvalue weighted by Crippen LogP contribution is -1.90. The van der Waals surface area contributed by atoms with E-state index in [1.807, 2.05) is 0 Å². The van der Waals surface area contributed by atoms with Crippen LogP contribution in [-0.2, 0) is 0 Å². The van der Waals surface area contributed by atoms with Crippen LogP contribution in [0.25, 0.3) is 0 Å². The number of carbonyl (C=O) groups is 1. The minimum absolute atomic E-state index is 0.309. The van der Waals surface area contributed by atoms with Gasteiger partial charge in [-0.25, -0.2) is 0 Å². The predicted molar refractivity (Wildman–Crippen MR) is 54.3 cm³/mol. The molecule has 1 aromatic rings. The van der Waals surface area contributed by atoms with Crippen molar-refractivity contribution in [3.8, 4) is 0 Å². The fraction of sp³-hybridized carbons (Fsp3) is 0. The van der Waals surface area contributed by atoms with Crippen LogP contribution in [-0.4, -0.2) is 5.24 Å². The number of benzene rings is 1. The van der Waals surface area contributed by atoms with Crippen molar-refractivity contribution in [3.05, 3.63) is 32.2 Å². The van der Waals surface area contributed by atoms with E-state index in [9.17, 15) is 4.79 Å². The van der Waals surface area contributed by atoms with Gasteiger partial charge >= 0.3 is 0 Å². The minimum atomic E-state index is -0.569. The average Bonchev–Trinajstić information content (AvgIpc) is 1.96. The summed E-state index contributed by atoms with van der Waals surface area (Å²) in [5.74, 6) is 0. The van der Waals surface area contributed by atoms with Gasteiger partial charge in [0.15, 0.2) is 0 Å². The molecule has 0 aliphatic rings. The number of halogens is 4. The lowest BCUT2D eigenvalue weighted by molar-refractivity contribution is 0.108. The summed E-state index contributed by atoms with van der Waals surface area (Å²) < 4.78 is 0.539. The summed E-state index contributed by atoms with van der Waals surface area (Å²) in [6, 6.07) is 2.95. The third kappa shape index (κ3) is 2.13. The Morgan fingerprint density at radius 1 is 1.25 bits per heavy atom. The summed E-state index contributed by atoms with van der Waals surface area (Å²) in [6.45, 7) is 0. The van der Waals surface area contributed by atoms with E-state index in [1.165, 1.54) is 12.1 Å². The molecule has 0 radical (unpaired) electrons. The van der Waals surface area contributed by atoms with Crippen LogP contribution in [0.2, 0.25) is 10.0 Å². The number of hydrogen-bond acceptors (Lipinski definition) is 1. The third-order valence-corrected chi connectivity index (χ3v) is 2.80. The average molecular weight is 288 g/mol. The van der Waals surface area contributed by atoms with Crippen molar-refractivity contribution in [2.45, 2.75) is 0 Å². The van der Waals surface area contributed by atoms with Gasteiger partial charge in [0.2, 0.25) is 0 Å². The molecule has 1 aromatic carbocycles. The van der Waals surface area contributed by atoms with Gasteiger partial charge in [0, 0.05) is 10.0 Å². The van der Waals surface area contributed by atoms with Gasteiger partial charge in [-0.15, -0.1) is 0 Å². The summed E-state index contributed by atoms with van der Waals surface area (Å²) >= 11 is 19.7. The molecule has 0 saturated heterocycles. The van der Waals surface area contributed by atoms with Crippen molar-refractivity contribution in [2.24, 2.45) is 0 Å². The van der Waals surface area contributed by atoms with Crippen LogP contribution in [0.1, 0.15) is 10.4 Å². The Morgan fingerprint density at radius 3 is 2.25 bits per heavy atom. The highest BCUT2D eigenvalue weighted by Gasteiger charge is 2.10. The molecule has 0 aliphatic heterocycles. The fourth-order valence-corrected chi connectivity index (χ4v) is 1.93. The second-order valence-electron chi connectivity index (χ2n) is 2.02. The Balaban J connectivity index is 3.33. The SMILES string of the molecule is O=C(Cl)c1cc(Cl)c(Cl)cc1Br. The molecule has 5 heteroatoms. The van der Waals surface area contributed by atoms with E-state index in [0.29, 0.717) is 20.1 Å². The molecule has 0 heterocycles. The van der Waals surface area contributed by atoms with E-state index in [1.54, 1.807) is 0 Å². The van der Waals surface area contributed by atoms with Gasteiger partial charge in [0.05, 0.1) is 10.0 Å². The molecule has 1 rings (SSSR count). The van der Waals surface area contributed by atoms with Gasteiger partial charge < -0.3 is 0 Å². The highest BCUT2D eigenvalue weighted by Crippen LogP contribution is 2.29. The van der Waals surface area contributed by atoms with Crippen molar-refractivity contribution in [3.63, 3.8) is 0 Å². The smallest absolute Gasteiger partial charge is 0.253 e. The molecule has 0 spiro atoms. The van der Waals surface area contributed by atoms with Crippen molar-refractivity contribution in [2.75, 3.05) is 0 Å². The second kappa shape index (κ2) is 3.97. The number of carbonyl (C=O) groups excluding carboxylic acids is 1. The molecular weight excluding hydrogens is 286 g/mol. The zero-order chi connectivity index (χ0) is 9.30. The van der Waals surface area contributed by atoms with Crippen LogP contribution < -0.4 is 0 Å². The first-order chi connectivity index (χ1) is 5.52. The molecule has 0 fully saturated rings. The Kier molecular flexibility index (Phi) is 3.41. The van der Waals surface area contributed by atoms with Gasteiger partial charge in [0.1, 0.15) is 0 Å². The summed E-state index contributed by atoms with van der Waals surface area (Å²) in [5.41, 5.74) is 0.311. The number of rotatable bonds is 1. The maximum absolute atomic E-state index is 10.8. The van der Waals surface area contributed by atoms with E-state index in [0.717, 1.165) is 0 Å². The maximum Gasteiger partial charge on any atom is 0.253 e. The monoisotopic (exact) mass is 286 g/mol. The van der Waals surface area contributed by atoms with Gasteiger partial charge in [-0.2, -0.15) is 0 Å². The first kappa shape index (κ1) is 10.3. The van der Waals surface area contributed by atoms with Crippen LogP contribution >= 0.6 is 50.7 Å². The van der Waals surface area contributed by atoms with Crippen molar-refractivity contribution in [1.82, 2.24) is 0 Å². The van der Waals surface area contributed by atoms with Crippen molar-refractivity contribution < 1.29 is 4.79 Å². The van der Waals surface area contributed by atoms with E-state index in [4.69, 9.17) is 34.8 Å². The topological polar surface area (TPSA) is 17.1 Å². The van der Waals surface area contributed by atoms with Crippen molar-refractivity contribution >= 4 is 56.0 Å². The summed E-state index contributed by atoms with van der Waals surface area (Å²) in [7, 11) is 0. The molecule has 0 amide bonds. The van der Waals surface area contributed by atoms with Crippen LogP contribution in [0.3, 0.4) is 0 Å². The number of hydrogen-bond donors (Lipinski definition) is 0. The Hall–Kier alpha value is 0.240. The maximum atomic E-state index is 10.8. The first-order valence-corrected chi connectivity index (χ1v) is 4.79. The molecule has 0 saturated carbocycles. The van der Waals surface area contributed by atoms with Crippen LogP contribution in [0, 0.1) is 0 Å². The molecule has 0 aromatic heterocycles. The lowest BCUT2D eigenvalue weighted by atomic mass is 10.2. The van der Waals surface area contributed by atoms with Crippen molar-refractivity contribution in [1.29, 1.82) is 0 Å². The molecule has 0 atom stereocenters. The molecule has 0 unspecified atom stereocenters. The van der Waals surface area contributed by atoms with Gasteiger partial charge in [-0.3, -0.25) is 4.79 Å². The van der Waals surface area contributed by atoms with E-state index >= 15 is 0 Å². The van der Waals surface area contributed by atoms with Crippen LogP contribution in [0.15, 0.2) is 16.6 Å². The van der Waals surface area contributed by atoms with Crippen LogP contribution in [0.4, 0.5) is 0 Å². The molecule has 0 N–H and O–H groups in total. The normalized spacial score (nSPS) is 10.0. The van der Waals surface area contributed by atoms with Gasteiger partial charge in [0.25, 0.3) is 5.24 Å². The van der Waals surface area contributed by atoms with E-state index in [-0.39, 0.29) is 0 Å². The standard InChI is InChI=1S/C7H2BrCl3O/c8-4-2-6(10)5(9)1-3(4)7(11)12/h1-2H. The highest BCUT2D eigenvalue weighted by molar-refractivity contribution is 9.10. The zero-order valence-corrected chi connectivity index (χ0v) is 9.43. The van der Waals surface area contributed by atoms with E-state index in [2.05, 4.69) is 15.9 Å². The Bertz CT molecular complexity index is 338. The lowest BCUT2D eigenvalue weighted by Gasteiger charge is -2.00. The molecule has 0 bridgehead atoms. The van der Waals surface area contributed by atoms with Crippen LogP contribution in [0.5, 0.6) is 0 Å². The molecule has 12 heavy (non-hydrogen) atoms. The first-order valence-electron chi connectivity index (χ1n) is 2.86.